The predicted molar refractivity (Wildman–Crippen MR) is 95.8 cm³/mol. The number of carbonyl (C=O) groups is 1. The van der Waals surface area contributed by atoms with E-state index in [9.17, 15) is 18.0 Å². The number of amides is 1. The lowest BCUT2D eigenvalue weighted by Crippen LogP contribution is -2.62. The summed E-state index contributed by atoms with van der Waals surface area (Å²) in [5.74, 6) is -0.0693. The summed E-state index contributed by atoms with van der Waals surface area (Å²) in [6.07, 6.45) is -2.70. The van der Waals surface area contributed by atoms with Crippen molar-refractivity contribution >= 4 is 5.91 Å². The maximum Gasteiger partial charge on any atom is 0.573 e. The van der Waals surface area contributed by atoms with Gasteiger partial charge in [0.25, 0.3) is 5.91 Å². The van der Waals surface area contributed by atoms with E-state index in [2.05, 4.69) is 21.9 Å². The molecule has 0 aliphatic carbocycles. The summed E-state index contributed by atoms with van der Waals surface area (Å²) in [6, 6.07) is 8.94. The van der Waals surface area contributed by atoms with Crippen molar-refractivity contribution in [3.8, 4) is 17.1 Å². The van der Waals surface area contributed by atoms with Gasteiger partial charge < -0.3 is 14.5 Å². The van der Waals surface area contributed by atoms with E-state index in [1.165, 1.54) is 30.3 Å². The van der Waals surface area contributed by atoms with Gasteiger partial charge in [-0.15, -0.1) is 13.2 Å². The third-order valence-electron chi connectivity index (χ3n) is 5.68. The van der Waals surface area contributed by atoms with Crippen LogP contribution >= 0.6 is 0 Å². The lowest BCUT2D eigenvalue weighted by atomic mass is 9.79. The number of halogens is 3. The first-order valence-corrected chi connectivity index (χ1v) is 9.32. The zero-order valence-electron chi connectivity index (χ0n) is 15.3. The lowest BCUT2D eigenvalue weighted by molar-refractivity contribution is -0.274. The Morgan fingerprint density at radius 1 is 1.18 bits per heavy atom. The van der Waals surface area contributed by atoms with Crippen LogP contribution in [0.25, 0.3) is 11.3 Å². The number of furan rings is 1. The van der Waals surface area contributed by atoms with Crippen molar-refractivity contribution in [3.63, 3.8) is 0 Å². The molecule has 0 unspecified atom stereocenters. The fourth-order valence-electron chi connectivity index (χ4n) is 4.26. The molecule has 5 rings (SSSR count). The summed E-state index contributed by atoms with van der Waals surface area (Å²) in [5.41, 5.74) is 0.134. The number of rotatable bonds is 4. The second-order valence-corrected chi connectivity index (χ2v) is 7.32. The molecule has 2 atom stereocenters. The summed E-state index contributed by atoms with van der Waals surface area (Å²) in [4.78, 5) is 15.0. The predicted octanol–water partition coefficient (Wildman–Crippen LogP) is 4.06. The first kappa shape index (κ1) is 18.9. The van der Waals surface area contributed by atoms with E-state index in [1.54, 1.807) is 6.07 Å². The normalized spacial score (nSPS) is 26.9. The fourth-order valence-corrected chi connectivity index (χ4v) is 4.26. The van der Waals surface area contributed by atoms with Crippen LogP contribution in [0.5, 0.6) is 5.75 Å². The Kier molecular flexibility index (Phi) is 4.82. The first-order chi connectivity index (χ1) is 13.3. The summed E-state index contributed by atoms with van der Waals surface area (Å²) in [7, 11) is 0. The number of nitrogens with one attached hydrogen (secondary N) is 1. The molecule has 0 spiro atoms. The molecule has 0 saturated carbocycles. The average Bonchev–Trinajstić information content (AvgIpc) is 3.14. The molecule has 4 heterocycles. The third-order valence-corrected chi connectivity index (χ3v) is 5.68. The van der Waals surface area contributed by atoms with E-state index >= 15 is 0 Å². The van der Waals surface area contributed by atoms with E-state index in [4.69, 9.17) is 4.42 Å². The Morgan fingerprint density at radius 3 is 2.57 bits per heavy atom. The minimum absolute atomic E-state index is 0.0457. The molecule has 1 amide bonds. The van der Waals surface area contributed by atoms with Crippen LogP contribution in [0.3, 0.4) is 0 Å². The van der Waals surface area contributed by atoms with Crippen LogP contribution in [0.4, 0.5) is 13.2 Å². The smallest absolute Gasteiger partial charge is 0.451 e. The van der Waals surface area contributed by atoms with Gasteiger partial charge in [0, 0.05) is 12.1 Å². The highest BCUT2D eigenvalue weighted by molar-refractivity contribution is 5.92. The van der Waals surface area contributed by atoms with Gasteiger partial charge in [0.15, 0.2) is 5.76 Å². The van der Waals surface area contributed by atoms with Crippen molar-refractivity contribution in [1.82, 2.24) is 10.2 Å². The average molecular weight is 394 g/mol. The molecule has 150 valence electrons. The number of ether oxygens (including phenoxy) is 1. The van der Waals surface area contributed by atoms with Crippen molar-refractivity contribution in [2.24, 2.45) is 5.92 Å². The Balaban J connectivity index is 1.51. The molecule has 28 heavy (non-hydrogen) atoms. The fraction of sp³-hybridized carbons (Fsp3) is 0.450. The van der Waals surface area contributed by atoms with Gasteiger partial charge in [-0.05, 0) is 63.0 Å². The van der Waals surface area contributed by atoms with Crippen LogP contribution in [0, 0.1) is 5.92 Å². The van der Waals surface area contributed by atoms with Crippen molar-refractivity contribution in [2.75, 3.05) is 13.1 Å². The second kappa shape index (κ2) is 7.16. The van der Waals surface area contributed by atoms with Gasteiger partial charge in [0.05, 0.1) is 5.56 Å². The highest BCUT2D eigenvalue weighted by atomic mass is 19.4. The highest BCUT2D eigenvalue weighted by Crippen LogP contribution is 2.35. The maximum absolute atomic E-state index is 12.7. The third kappa shape index (κ3) is 3.73. The SMILES string of the molecule is C[C@H]1[C@H](NC(=O)c2ccc(-c3ccccc3OC(F)(F)F)o2)C2CCN1CC2. The summed E-state index contributed by atoms with van der Waals surface area (Å²) >= 11 is 0. The van der Waals surface area contributed by atoms with E-state index in [-0.39, 0.29) is 40.8 Å². The Morgan fingerprint density at radius 2 is 1.89 bits per heavy atom. The Hall–Kier alpha value is -2.48. The summed E-state index contributed by atoms with van der Waals surface area (Å²) < 4.78 is 47.5. The molecule has 1 N–H and O–H groups in total. The molecule has 3 aliphatic rings. The quantitative estimate of drug-likeness (QED) is 0.850. The summed E-state index contributed by atoms with van der Waals surface area (Å²) in [6.45, 7) is 4.22. The van der Waals surface area contributed by atoms with Crippen molar-refractivity contribution < 1.29 is 27.1 Å². The molecule has 3 saturated heterocycles. The second-order valence-electron chi connectivity index (χ2n) is 7.32. The molecular formula is C20H21F3N2O3. The van der Waals surface area contributed by atoms with Gasteiger partial charge in [-0.3, -0.25) is 9.69 Å². The molecule has 0 radical (unpaired) electrons. The van der Waals surface area contributed by atoms with Gasteiger partial charge in [0.2, 0.25) is 0 Å². The van der Waals surface area contributed by atoms with Crippen LogP contribution in [0.2, 0.25) is 0 Å². The summed E-state index contributed by atoms with van der Waals surface area (Å²) in [5, 5.41) is 3.05. The van der Waals surface area contributed by atoms with Gasteiger partial charge >= 0.3 is 6.36 Å². The molecule has 1 aromatic heterocycles. The topological polar surface area (TPSA) is 54.7 Å². The van der Waals surface area contributed by atoms with E-state index in [1.807, 2.05) is 0 Å². The Labute approximate surface area is 160 Å². The monoisotopic (exact) mass is 394 g/mol. The lowest BCUT2D eigenvalue weighted by Gasteiger charge is -2.49. The van der Waals surface area contributed by atoms with Crippen LogP contribution in [0.15, 0.2) is 40.8 Å². The standard InChI is InChI=1S/C20H21F3N2O3/c1-12-18(13-8-10-25(12)11-9-13)24-19(26)17-7-6-15(27-17)14-4-2-3-5-16(14)28-20(21,22)23/h2-7,12-13,18H,8-11H2,1H3,(H,24,26)/t12-,18-/m0/s1. The largest absolute Gasteiger partial charge is 0.573 e. The molecular weight excluding hydrogens is 373 g/mol. The zero-order valence-corrected chi connectivity index (χ0v) is 15.3. The van der Waals surface area contributed by atoms with Crippen LogP contribution in [0.1, 0.15) is 30.3 Å². The number of hydrogen-bond acceptors (Lipinski definition) is 4. The number of alkyl halides is 3. The van der Waals surface area contributed by atoms with Crippen LogP contribution in [-0.2, 0) is 0 Å². The number of benzene rings is 1. The van der Waals surface area contributed by atoms with E-state index in [0.29, 0.717) is 5.92 Å². The first-order valence-electron chi connectivity index (χ1n) is 9.32. The maximum atomic E-state index is 12.7. The van der Waals surface area contributed by atoms with Crippen molar-refractivity contribution in [2.45, 2.75) is 38.2 Å². The number of fused-ring (bicyclic) bond motifs is 3. The number of nitrogens with zero attached hydrogens (tertiary/aromatic N) is 1. The van der Waals surface area contributed by atoms with Gasteiger partial charge in [-0.2, -0.15) is 0 Å². The molecule has 5 nitrogen and oxygen atoms in total. The van der Waals surface area contributed by atoms with E-state index in [0.717, 1.165) is 25.9 Å². The number of para-hydroxylation sites is 1. The Bertz CT molecular complexity index is 854. The minimum atomic E-state index is -4.81. The molecule has 3 fully saturated rings. The van der Waals surface area contributed by atoms with Gasteiger partial charge in [-0.25, -0.2) is 0 Å². The van der Waals surface area contributed by atoms with Crippen LogP contribution < -0.4 is 10.1 Å². The van der Waals surface area contributed by atoms with Gasteiger partial charge in [-0.1, -0.05) is 12.1 Å². The molecule has 2 aromatic rings. The highest BCUT2D eigenvalue weighted by Gasteiger charge is 2.40. The van der Waals surface area contributed by atoms with Crippen LogP contribution in [-0.4, -0.2) is 42.3 Å². The van der Waals surface area contributed by atoms with Crippen molar-refractivity contribution in [3.05, 3.63) is 42.2 Å². The molecule has 2 bridgehead atoms. The van der Waals surface area contributed by atoms with E-state index < -0.39 is 6.36 Å². The zero-order chi connectivity index (χ0) is 19.9. The minimum Gasteiger partial charge on any atom is -0.451 e. The molecule has 3 aliphatic heterocycles. The van der Waals surface area contributed by atoms with Gasteiger partial charge in [0.1, 0.15) is 11.5 Å². The van der Waals surface area contributed by atoms with Crippen molar-refractivity contribution in [1.29, 1.82) is 0 Å². The number of hydrogen-bond donors (Lipinski definition) is 1. The molecule has 1 aromatic carbocycles. The number of carbonyl (C=O) groups excluding carboxylic acids is 1. The number of piperidine rings is 3. The molecule has 8 heteroatoms.